The van der Waals surface area contributed by atoms with E-state index in [4.69, 9.17) is 11.6 Å². The summed E-state index contributed by atoms with van der Waals surface area (Å²) in [6.07, 6.45) is 1.13. The van der Waals surface area contributed by atoms with Gasteiger partial charge in [0.25, 0.3) is 0 Å². The first kappa shape index (κ1) is 13.7. The van der Waals surface area contributed by atoms with Gasteiger partial charge in [0.15, 0.2) is 5.65 Å². The van der Waals surface area contributed by atoms with E-state index in [0.29, 0.717) is 5.88 Å². The molecule has 0 aromatic carbocycles. The molecule has 0 aliphatic rings. The van der Waals surface area contributed by atoms with Crippen molar-refractivity contribution in [3.63, 3.8) is 0 Å². The van der Waals surface area contributed by atoms with Gasteiger partial charge in [-0.05, 0) is 37.0 Å². The number of fused-ring (bicyclic) bond motifs is 1. The Morgan fingerprint density at radius 1 is 1.33 bits per heavy atom. The van der Waals surface area contributed by atoms with E-state index in [1.807, 2.05) is 30.8 Å². The van der Waals surface area contributed by atoms with Gasteiger partial charge in [0, 0.05) is 12.2 Å². The molecular formula is C13H18ClN3S. The van der Waals surface area contributed by atoms with E-state index < -0.39 is 0 Å². The fourth-order valence-corrected chi connectivity index (χ4v) is 2.78. The number of halogens is 1. The summed E-state index contributed by atoms with van der Waals surface area (Å²) in [6, 6.07) is 4.01. The van der Waals surface area contributed by atoms with Gasteiger partial charge in [-0.1, -0.05) is 6.92 Å². The van der Waals surface area contributed by atoms with Crippen molar-refractivity contribution >= 4 is 34.5 Å². The van der Waals surface area contributed by atoms with Gasteiger partial charge < -0.3 is 4.57 Å². The molecule has 0 amide bonds. The quantitative estimate of drug-likeness (QED) is 0.599. The maximum Gasteiger partial charge on any atom is 0.160 e. The first-order valence-electron chi connectivity index (χ1n) is 6.22. The minimum atomic E-state index is 0.441. The second-order valence-electron chi connectivity index (χ2n) is 4.16. The van der Waals surface area contributed by atoms with E-state index in [2.05, 4.69) is 21.5 Å². The Labute approximate surface area is 117 Å². The van der Waals surface area contributed by atoms with Gasteiger partial charge >= 0.3 is 0 Å². The van der Waals surface area contributed by atoms with Crippen LogP contribution in [0.3, 0.4) is 0 Å². The normalized spacial score (nSPS) is 11.3. The lowest BCUT2D eigenvalue weighted by Crippen LogP contribution is -2.04. The zero-order valence-electron chi connectivity index (χ0n) is 10.8. The monoisotopic (exact) mass is 283 g/mol. The van der Waals surface area contributed by atoms with Crippen LogP contribution >= 0.6 is 23.4 Å². The SMILES string of the molecule is CCSCCCn1c(CCl)nc2ccc(C)nc21. The van der Waals surface area contributed by atoms with E-state index in [1.165, 1.54) is 11.5 Å². The van der Waals surface area contributed by atoms with Gasteiger partial charge in [0.05, 0.1) is 5.88 Å². The minimum Gasteiger partial charge on any atom is -0.312 e. The van der Waals surface area contributed by atoms with Gasteiger partial charge in [-0.3, -0.25) is 0 Å². The van der Waals surface area contributed by atoms with Crippen molar-refractivity contribution in [2.24, 2.45) is 0 Å². The summed E-state index contributed by atoms with van der Waals surface area (Å²) < 4.78 is 2.16. The molecule has 0 N–H and O–H groups in total. The average Bonchev–Trinajstić information content (AvgIpc) is 2.72. The standard InChI is InChI=1S/C13H18ClN3S/c1-3-18-8-4-7-17-12(9-14)16-11-6-5-10(2)15-13(11)17/h5-6H,3-4,7-9H2,1-2H3. The summed E-state index contributed by atoms with van der Waals surface area (Å²) in [5.74, 6) is 3.70. The highest BCUT2D eigenvalue weighted by Gasteiger charge is 2.10. The number of imidazole rings is 1. The molecule has 0 saturated heterocycles. The van der Waals surface area contributed by atoms with Crippen molar-refractivity contribution in [3.05, 3.63) is 23.7 Å². The summed E-state index contributed by atoms with van der Waals surface area (Å²) in [7, 11) is 0. The van der Waals surface area contributed by atoms with Crippen molar-refractivity contribution in [3.8, 4) is 0 Å². The number of rotatable bonds is 6. The molecule has 2 heterocycles. The number of aromatic nitrogens is 3. The number of pyridine rings is 1. The lowest BCUT2D eigenvalue weighted by Gasteiger charge is -2.06. The van der Waals surface area contributed by atoms with Crippen molar-refractivity contribution in [2.75, 3.05) is 11.5 Å². The molecule has 0 aliphatic carbocycles. The Morgan fingerprint density at radius 3 is 2.89 bits per heavy atom. The second-order valence-corrected chi connectivity index (χ2v) is 5.82. The molecule has 0 atom stereocenters. The molecule has 0 bridgehead atoms. The van der Waals surface area contributed by atoms with Gasteiger partial charge in [0.1, 0.15) is 11.3 Å². The molecular weight excluding hydrogens is 266 g/mol. The molecule has 2 rings (SSSR count). The summed E-state index contributed by atoms with van der Waals surface area (Å²) in [5, 5.41) is 0. The number of hydrogen-bond donors (Lipinski definition) is 0. The van der Waals surface area contributed by atoms with E-state index in [1.54, 1.807) is 0 Å². The molecule has 18 heavy (non-hydrogen) atoms. The third kappa shape index (κ3) is 2.98. The van der Waals surface area contributed by atoms with Crippen LogP contribution in [0.1, 0.15) is 24.9 Å². The van der Waals surface area contributed by atoms with Crippen LogP contribution in [0.4, 0.5) is 0 Å². The van der Waals surface area contributed by atoms with Crippen LogP contribution in [0.5, 0.6) is 0 Å². The third-order valence-corrected chi connectivity index (χ3v) is 4.03. The van der Waals surface area contributed by atoms with E-state index in [0.717, 1.165) is 35.6 Å². The molecule has 0 unspecified atom stereocenters. The van der Waals surface area contributed by atoms with Crippen molar-refractivity contribution in [2.45, 2.75) is 32.7 Å². The van der Waals surface area contributed by atoms with Crippen molar-refractivity contribution in [1.29, 1.82) is 0 Å². The van der Waals surface area contributed by atoms with E-state index >= 15 is 0 Å². The van der Waals surface area contributed by atoms with E-state index in [-0.39, 0.29) is 0 Å². The van der Waals surface area contributed by atoms with Crippen LogP contribution in [0.25, 0.3) is 11.2 Å². The smallest absolute Gasteiger partial charge is 0.160 e. The van der Waals surface area contributed by atoms with Crippen LogP contribution in [0.15, 0.2) is 12.1 Å². The summed E-state index contributed by atoms with van der Waals surface area (Å²) >= 11 is 7.93. The van der Waals surface area contributed by atoms with Gasteiger partial charge in [-0.2, -0.15) is 11.8 Å². The zero-order valence-corrected chi connectivity index (χ0v) is 12.4. The highest BCUT2D eigenvalue weighted by atomic mass is 35.5. The molecule has 0 radical (unpaired) electrons. The Balaban J connectivity index is 2.25. The molecule has 5 heteroatoms. The largest absolute Gasteiger partial charge is 0.312 e. The molecule has 2 aromatic heterocycles. The van der Waals surface area contributed by atoms with Gasteiger partial charge in [-0.25, -0.2) is 9.97 Å². The second kappa shape index (κ2) is 6.43. The summed E-state index contributed by atoms with van der Waals surface area (Å²) in [6.45, 7) is 5.14. The highest BCUT2D eigenvalue weighted by molar-refractivity contribution is 7.99. The van der Waals surface area contributed by atoms with Crippen LogP contribution < -0.4 is 0 Å². The topological polar surface area (TPSA) is 30.7 Å². The molecule has 98 valence electrons. The molecule has 0 spiro atoms. The minimum absolute atomic E-state index is 0.441. The zero-order chi connectivity index (χ0) is 13.0. The molecule has 2 aromatic rings. The fourth-order valence-electron chi connectivity index (χ4n) is 1.95. The third-order valence-electron chi connectivity index (χ3n) is 2.80. The average molecular weight is 284 g/mol. The van der Waals surface area contributed by atoms with Gasteiger partial charge in [-0.15, -0.1) is 11.6 Å². The lowest BCUT2D eigenvalue weighted by atomic mass is 10.3. The highest BCUT2D eigenvalue weighted by Crippen LogP contribution is 2.17. The number of thioether (sulfide) groups is 1. The number of hydrogen-bond acceptors (Lipinski definition) is 3. The predicted molar refractivity (Wildman–Crippen MR) is 79.4 cm³/mol. The van der Waals surface area contributed by atoms with Crippen molar-refractivity contribution in [1.82, 2.24) is 14.5 Å². The number of alkyl halides is 1. The van der Waals surface area contributed by atoms with Crippen molar-refractivity contribution < 1.29 is 0 Å². The predicted octanol–water partition coefficient (Wildman–Crippen LogP) is 3.62. The first-order chi connectivity index (χ1) is 8.76. The fraction of sp³-hybridized carbons (Fsp3) is 0.538. The number of nitrogens with zero attached hydrogens (tertiary/aromatic N) is 3. The van der Waals surface area contributed by atoms with E-state index in [9.17, 15) is 0 Å². The van der Waals surface area contributed by atoms with Crippen LogP contribution in [0, 0.1) is 6.92 Å². The molecule has 0 fully saturated rings. The van der Waals surface area contributed by atoms with Crippen LogP contribution in [0.2, 0.25) is 0 Å². The Bertz CT molecular complexity index is 524. The lowest BCUT2D eigenvalue weighted by molar-refractivity contribution is 0.671. The van der Waals surface area contributed by atoms with Gasteiger partial charge in [0.2, 0.25) is 0 Å². The first-order valence-corrected chi connectivity index (χ1v) is 7.91. The van der Waals surface area contributed by atoms with Crippen LogP contribution in [-0.2, 0) is 12.4 Å². The maximum absolute atomic E-state index is 5.97. The van der Waals surface area contributed by atoms with Crippen LogP contribution in [-0.4, -0.2) is 26.0 Å². The molecule has 0 saturated carbocycles. The Hall–Kier alpha value is -0.740. The maximum atomic E-state index is 5.97. The Morgan fingerprint density at radius 2 is 2.17 bits per heavy atom. The number of aryl methyl sites for hydroxylation is 2. The summed E-state index contributed by atoms with van der Waals surface area (Å²) in [5.41, 5.74) is 2.93. The summed E-state index contributed by atoms with van der Waals surface area (Å²) in [4.78, 5) is 9.11. The Kier molecular flexibility index (Phi) is 4.89. The molecule has 3 nitrogen and oxygen atoms in total. The molecule has 0 aliphatic heterocycles.